The van der Waals surface area contributed by atoms with Crippen LogP contribution in [0.15, 0.2) is 42.6 Å². The number of anilines is 1. The molecule has 1 heterocycles. The number of aromatic nitrogens is 2. The van der Waals surface area contributed by atoms with Gasteiger partial charge in [-0.1, -0.05) is 30.3 Å². The lowest BCUT2D eigenvalue weighted by molar-refractivity contribution is -0.139. The second kappa shape index (κ2) is 8.77. The maximum atomic E-state index is 12.5. The molecule has 25 heavy (non-hydrogen) atoms. The van der Waals surface area contributed by atoms with E-state index >= 15 is 0 Å². The van der Waals surface area contributed by atoms with E-state index < -0.39 is 6.04 Å². The molecule has 0 aliphatic heterocycles. The van der Waals surface area contributed by atoms with Crippen molar-refractivity contribution in [1.82, 2.24) is 14.9 Å². The molecule has 1 atom stereocenters. The average molecular weight is 342 g/mol. The van der Waals surface area contributed by atoms with Crippen LogP contribution in [0.3, 0.4) is 0 Å². The number of nitrogens with one attached hydrogen (secondary N) is 1. The Morgan fingerprint density at radius 2 is 1.92 bits per heavy atom. The fourth-order valence-corrected chi connectivity index (χ4v) is 2.30. The number of likely N-dealkylation sites (N-methyl/N-ethyl adjacent to an activating group) is 1. The van der Waals surface area contributed by atoms with Crippen LogP contribution in [0.25, 0.3) is 0 Å². The van der Waals surface area contributed by atoms with E-state index in [0.29, 0.717) is 18.1 Å². The maximum Gasteiger partial charge on any atom is 0.311 e. The number of amides is 1. The first-order valence-electron chi connectivity index (χ1n) is 7.90. The van der Waals surface area contributed by atoms with Gasteiger partial charge in [0.25, 0.3) is 0 Å². The van der Waals surface area contributed by atoms with Crippen molar-refractivity contribution < 1.29 is 14.3 Å². The highest BCUT2D eigenvalue weighted by Gasteiger charge is 2.21. The van der Waals surface area contributed by atoms with Gasteiger partial charge in [-0.15, -0.1) is 0 Å². The number of nitrogens with zero attached hydrogens (tertiary/aromatic N) is 3. The van der Waals surface area contributed by atoms with Gasteiger partial charge in [-0.3, -0.25) is 9.59 Å². The molecule has 0 fully saturated rings. The van der Waals surface area contributed by atoms with Crippen LogP contribution >= 0.6 is 0 Å². The van der Waals surface area contributed by atoms with E-state index in [1.807, 2.05) is 30.3 Å². The lowest BCUT2D eigenvalue weighted by Gasteiger charge is -2.22. The first-order valence-corrected chi connectivity index (χ1v) is 7.90. The molecule has 1 aromatic heterocycles. The Labute approximate surface area is 147 Å². The standard InChI is InChI=1S/C18H22N4O3/c1-22(2)17(24)15(11-13-7-5-4-6-8-13)21-18-19-10-9-14(20-18)12-16(23)25-3/h4-10,15H,11-12H2,1-3H3,(H,19,20,21). The van der Waals surface area contributed by atoms with E-state index in [9.17, 15) is 9.59 Å². The van der Waals surface area contributed by atoms with Gasteiger partial charge in [0, 0.05) is 26.7 Å². The third-order valence-electron chi connectivity index (χ3n) is 3.59. The topological polar surface area (TPSA) is 84.4 Å². The molecule has 1 aromatic carbocycles. The molecule has 0 aliphatic carbocycles. The molecule has 0 saturated heterocycles. The summed E-state index contributed by atoms with van der Waals surface area (Å²) in [5.41, 5.74) is 1.56. The van der Waals surface area contributed by atoms with Crippen molar-refractivity contribution in [3.63, 3.8) is 0 Å². The molecule has 2 aromatic rings. The molecule has 1 N–H and O–H groups in total. The second-order valence-electron chi connectivity index (χ2n) is 5.74. The zero-order valence-corrected chi connectivity index (χ0v) is 14.6. The lowest BCUT2D eigenvalue weighted by Crippen LogP contribution is -2.40. The number of benzene rings is 1. The van der Waals surface area contributed by atoms with Crippen LogP contribution in [-0.2, 0) is 27.2 Å². The summed E-state index contributed by atoms with van der Waals surface area (Å²) < 4.78 is 4.64. The number of carbonyl (C=O) groups excluding carboxylic acids is 2. The monoisotopic (exact) mass is 342 g/mol. The Kier molecular flexibility index (Phi) is 6.45. The van der Waals surface area contributed by atoms with E-state index in [0.717, 1.165) is 5.56 Å². The molecule has 1 amide bonds. The van der Waals surface area contributed by atoms with Crippen LogP contribution in [0.2, 0.25) is 0 Å². The van der Waals surface area contributed by atoms with Gasteiger partial charge >= 0.3 is 5.97 Å². The number of carbonyl (C=O) groups is 2. The minimum atomic E-state index is -0.509. The molecule has 0 radical (unpaired) electrons. The van der Waals surface area contributed by atoms with Crippen molar-refractivity contribution in [2.45, 2.75) is 18.9 Å². The molecular weight excluding hydrogens is 320 g/mol. The molecule has 7 heteroatoms. The molecule has 0 spiro atoms. The molecule has 0 saturated carbocycles. The Morgan fingerprint density at radius 1 is 1.20 bits per heavy atom. The van der Waals surface area contributed by atoms with Crippen LogP contribution in [0, 0.1) is 0 Å². The zero-order chi connectivity index (χ0) is 18.2. The highest BCUT2D eigenvalue weighted by Crippen LogP contribution is 2.10. The van der Waals surface area contributed by atoms with Gasteiger partial charge in [0.05, 0.1) is 19.2 Å². The number of hydrogen-bond acceptors (Lipinski definition) is 6. The van der Waals surface area contributed by atoms with Gasteiger partial charge < -0.3 is 15.0 Å². The van der Waals surface area contributed by atoms with E-state index in [2.05, 4.69) is 20.0 Å². The Bertz CT molecular complexity index is 719. The molecule has 7 nitrogen and oxygen atoms in total. The zero-order valence-electron chi connectivity index (χ0n) is 14.6. The quantitative estimate of drug-likeness (QED) is 0.764. The second-order valence-corrected chi connectivity index (χ2v) is 5.74. The Balaban J connectivity index is 2.17. The highest BCUT2D eigenvalue weighted by molar-refractivity contribution is 5.84. The summed E-state index contributed by atoms with van der Waals surface area (Å²) in [4.78, 5) is 33.9. The summed E-state index contributed by atoms with van der Waals surface area (Å²) in [6.45, 7) is 0. The van der Waals surface area contributed by atoms with Gasteiger partial charge in [0.1, 0.15) is 6.04 Å². The third kappa shape index (κ3) is 5.56. The number of ether oxygens (including phenoxy) is 1. The van der Waals surface area contributed by atoms with E-state index in [1.165, 1.54) is 12.0 Å². The highest BCUT2D eigenvalue weighted by atomic mass is 16.5. The summed E-state index contributed by atoms with van der Waals surface area (Å²) in [5, 5.41) is 3.07. The summed E-state index contributed by atoms with van der Waals surface area (Å²) in [7, 11) is 4.74. The van der Waals surface area contributed by atoms with Crippen molar-refractivity contribution >= 4 is 17.8 Å². The molecule has 132 valence electrons. The number of hydrogen-bond donors (Lipinski definition) is 1. The summed E-state index contributed by atoms with van der Waals surface area (Å²) >= 11 is 0. The van der Waals surface area contributed by atoms with Crippen molar-refractivity contribution in [1.29, 1.82) is 0 Å². The van der Waals surface area contributed by atoms with Gasteiger partial charge in [-0.25, -0.2) is 9.97 Å². The number of esters is 1. The van der Waals surface area contributed by atoms with E-state index in [4.69, 9.17) is 0 Å². The van der Waals surface area contributed by atoms with Crippen molar-refractivity contribution in [2.75, 3.05) is 26.5 Å². The third-order valence-corrected chi connectivity index (χ3v) is 3.59. The van der Waals surface area contributed by atoms with Gasteiger partial charge in [0.2, 0.25) is 11.9 Å². The van der Waals surface area contributed by atoms with E-state index in [-0.39, 0.29) is 18.3 Å². The largest absolute Gasteiger partial charge is 0.469 e. The predicted octanol–water partition coefficient (Wildman–Crippen LogP) is 1.30. The van der Waals surface area contributed by atoms with Crippen LogP contribution in [-0.4, -0.2) is 54.0 Å². The molecular formula is C18H22N4O3. The minimum Gasteiger partial charge on any atom is -0.469 e. The first-order chi connectivity index (χ1) is 12.0. The SMILES string of the molecule is COC(=O)Cc1ccnc(NC(Cc2ccccc2)C(=O)N(C)C)n1. The summed E-state index contributed by atoms with van der Waals surface area (Å²) in [6.07, 6.45) is 2.11. The van der Waals surface area contributed by atoms with Crippen LogP contribution in [0.1, 0.15) is 11.3 Å². The fraction of sp³-hybridized carbons (Fsp3) is 0.333. The summed E-state index contributed by atoms with van der Waals surface area (Å²) in [6, 6.07) is 10.9. The summed E-state index contributed by atoms with van der Waals surface area (Å²) in [5.74, 6) is -0.154. The molecule has 0 aliphatic rings. The van der Waals surface area contributed by atoms with E-state index in [1.54, 1.807) is 26.4 Å². The Hall–Kier alpha value is -2.96. The van der Waals surface area contributed by atoms with Crippen LogP contribution in [0.5, 0.6) is 0 Å². The minimum absolute atomic E-state index is 0.0542. The number of rotatable bonds is 7. The van der Waals surface area contributed by atoms with Crippen LogP contribution < -0.4 is 5.32 Å². The van der Waals surface area contributed by atoms with Crippen molar-refractivity contribution in [3.8, 4) is 0 Å². The predicted molar refractivity (Wildman–Crippen MR) is 94.0 cm³/mol. The fourth-order valence-electron chi connectivity index (χ4n) is 2.30. The van der Waals surface area contributed by atoms with Gasteiger partial charge in [-0.05, 0) is 11.6 Å². The number of methoxy groups -OCH3 is 1. The smallest absolute Gasteiger partial charge is 0.311 e. The lowest BCUT2D eigenvalue weighted by atomic mass is 10.1. The molecule has 2 rings (SSSR count). The maximum absolute atomic E-state index is 12.5. The van der Waals surface area contributed by atoms with Gasteiger partial charge in [-0.2, -0.15) is 0 Å². The average Bonchev–Trinajstić information content (AvgIpc) is 2.61. The first kappa shape index (κ1) is 18.4. The molecule has 0 bridgehead atoms. The Morgan fingerprint density at radius 3 is 2.56 bits per heavy atom. The van der Waals surface area contributed by atoms with Crippen LogP contribution in [0.4, 0.5) is 5.95 Å². The van der Waals surface area contributed by atoms with Crippen molar-refractivity contribution in [3.05, 3.63) is 53.9 Å². The molecule has 1 unspecified atom stereocenters. The van der Waals surface area contributed by atoms with Crippen molar-refractivity contribution in [2.24, 2.45) is 0 Å². The normalized spacial score (nSPS) is 11.5. The van der Waals surface area contributed by atoms with Gasteiger partial charge in [0.15, 0.2) is 0 Å².